The molecule has 1 aromatic carbocycles. The van der Waals surface area contributed by atoms with Gasteiger partial charge in [-0.25, -0.2) is 0 Å². The van der Waals surface area contributed by atoms with Gasteiger partial charge in [-0.3, -0.25) is 9.78 Å². The van der Waals surface area contributed by atoms with E-state index in [0.717, 1.165) is 35.7 Å². The number of nitrogens with one attached hydrogen (secondary N) is 1. The maximum Gasteiger partial charge on any atom is 0.220 e. The molecule has 2 aliphatic carbocycles. The third kappa shape index (κ3) is 3.69. The first-order valence-electron chi connectivity index (χ1n) is 9.35. The Morgan fingerprint density at radius 3 is 2.84 bits per heavy atom. The molecular weight excluding hydrogens is 312 g/mol. The molecule has 1 heterocycles. The number of aromatic nitrogens is 1. The zero-order valence-corrected chi connectivity index (χ0v) is 14.7. The van der Waals surface area contributed by atoms with E-state index >= 15 is 0 Å². The van der Waals surface area contributed by atoms with E-state index in [9.17, 15) is 9.90 Å². The molecule has 25 heavy (non-hydrogen) atoms. The largest absolute Gasteiger partial charge is 0.393 e. The minimum Gasteiger partial charge on any atom is -0.393 e. The van der Waals surface area contributed by atoms with E-state index in [1.54, 1.807) is 0 Å². The van der Waals surface area contributed by atoms with Gasteiger partial charge in [0.15, 0.2) is 0 Å². The number of hydrogen-bond acceptors (Lipinski definition) is 3. The molecule has 4 nitrogen and oxygen atoms in total. The zero-order chi connectivity index (χ0) is 17.4. The van der Waals surface area contributed by atoms with Gasteiger partial charge in [-0.15, -0.1) is 0 Å². The SMILES string of the molecule is CC1(CCC(=O)NC(c2cnc3ccccc3c2)C2CC(O)C2)CC1. The molecule has 0 aliphatic heterocycles. The van der Waals surface area contributed by atoms with Gasteiger partial charge in [0, 0.05) is 18.0 Å². The lowest BCUT2D eigenvalue weighted by Gasteiger charge is -2.38. The number of rotatable bonds is 6. The van der Waals surface area contributed by atoms with E-state index in [4.69, 9.17) is 0 Å². The minimum atomic E-state index is -0.233. The number of fused-ring (bicyclic) bond motifs is 1. The molecule has 4 rings (SSSR count). The Morgan fingerprint density at radius 2 is 2.12 bits per heavy atom. The molecule has 0 spiro atoms. The van der Waals surface area contributed by atoms with E-state index in [2.05, 4.69) is 23.3 Å². The molecule has 0 radical (unpaired) electrons. The number of pyridine rings is 1. The maximum atomic E-state index is 12.5. The van der Waals surface area contributed by atoms with Crippen LogP contribution in [-0.4, -0.2) is 22.1 Å². The number of aliphatic hydroxyl groups is 1. The summed E-state index contributed by atoms with van der Waals surface area (Å²) in [5.41, 5.74) is 2.40. The van der Waals surface area contributed by atoms with E-state index < -0.39 is 0 Å². The molecule has 2 saturated carbocycles. The van der Waals surface area contributed by atoms with Crippen molar-refractivity contribution >= 4 is 16.8 Å². The highest BCUT2D eigenvalue weighted by Crippen LogP contribution is 2.49. The fourth-order valence-corrected chi connectivity index (χ4v) is 3.76. The average molecular weight is 338 g/mol. The van der Waals surface area contributed by atoms with Crippen LogP contribution >= 0.6 is 0 Å². The van der Waals surface area contributed by atoms with Gasteiger partial charge in [-0.05, 0) is 61.1 Å². The average Bonchev–Trinajstić information content (AvgIpc) is 3.33. The van der Waals surface area contributed by atoms with Crippen LogP contribution in [0.4, 0.5) is 0 Å². The molecule has 1 atom stereocenters. The van der Waals surface area contributed by atoms with Gasteiger partial charge in [0.25, 0.3) is 0 Å². The lowest BCUT2D eigenvalue weighted by atomic mass is 9.75. The van der Waals surface area contributed by atoms with Gasteiger partial charge in [-0.2, -0.15) is 0 Å². The smallest absolute Gasteiger partial charge is 0.220 e. The third-order valence-electron chi connectivity index (χ3n) is 5.97. The lowest BCUT2D eigenvalue weighted by Crippen LogP contribution is -2.41. The molecule has 1 aromatic heterocycles. The molecule has 2 aromatic rings. The molecule has 2 N–H and O–H groups in total. The Kier molecular flexibility index (Phi) is 4.24. The number of hydrogen-bond donors (Lipinski definition) is 2. The van der Waals surface area contributed by atoms with Gasteiger partial charge in [0.05, 0.1) is 17.7 Å². The number of nitrogens with zero attached hydrogens (tertiary/aromatic N) is 1. The number of amides is 1. The summed E-state index contributed by atoms with van der Waals surface area (Å²) >= 11 is 0. The molecule has 132 valence electrons. The molecule has 1 amide bonds. The first-order chi connectivity index (χ1) is 12.0. The summed E-state index contributed by atoms with van der Waals surface area (Å²) in [6, 6.07) is 10.1. The van der Waals surface area contributed by atoms with Crippen LogP contribution < -0.4 is 5.32 Å². The molecule has 4 heteroatoms. The summed E-state index contributed by atoms with van der Waals surface area (Å²) in [5, 5.41) is 14.0. The van der Waals surface area contributed by atoms with Crippen molar-refractivity contribution in [1.29, 1.82) is 0 Å². The van der Waals surface area contributed by atoms with E-state index in [1.807, 2.05) is 30.5 Å². The maximum absolute atomic E-state index is 12.5. The number of aliphatic hydroxyl groups excluding tert-OH is 1. The van der Waals surface area contributed by atoms with Crippen LogP contribution in [0.5, 0.6) is 0 Å². The van der Waals surface area contributed by atoms with Gasteiger partial charge in [0.2, 0.25) is 5.91 Å². The van der Waals surface area contributed by atoms with Crippen LogP contribution in [-0.2, 0) is 4.79 Å². The van der Waals surface area contributed by atoms with Crippen molar-refractivity contribution in [2.24, 2.45) is 11.3 Å². The van der Waals surface area contributed by atoms with Crippen LogP contribution in [0.1, 0.15) is 57.1 Å². The van der Waals surface area contributed by atoms with Gasteiger partial charge in [-0.1, -0.05) is 25.1 Å². The van der Waals surface area contributed by atoms with Crippen LogP contribution in [0, 0.1) is 11.3 Å². The summed E-state index contributed by atoms with van der Waals surface area (Å²) in [4.78, 5) is 17.0. The van der Waals surface area contributed by atoms with Crippen molar-refractivity contribution in [1.82, 2.24) is 10.3 Å². The predicted octanol–water partition coefficient (Wildman–Crippen LogP) is 3.74. The van der Waals surface area contributed by atoms with Gasteiger partial charge < -0.3 is 10.4 Å². The fraction of sp³-hybridized carbons (Fsp3) is 0.524. The van der Waals surface area contributed by atoms with Crippen LogP contribution in [0.15, 0.2) is 36.5 Å². The number of benzene rings is 1. The highest BCUT2D eigenvalue weighted by Gasteiger charge is 2.38. The summed E-state index contributed by atoms with van der Waals surface area (Å²) in [6.07, 6.45) is 7.17. The van der Waals surface area contributed by atoms with Crippen molar-refractivity contribution in [3.8, 4) is 0 Å². The highest BCUT2D eigenvalue weighted by molar-refractivity contribution is 5.80. The van der Waals surface area contributed by atoms with Crippen LogP contribution in [0.2, 0.25) is 0 Å². The quantitative estimate of drug-likeness (QED) is 0.843. The Balaban J connectivity index is 1.51. The topological polar surface area (TPSA) is 62.2 Å². The summed E-state index contributed by atoms with van der Waals surface area (Å²) in [5.74, 6) is 0.408. The van der Waals surface area contributed by atoms with Gasteiger partial charge in [0.1, 0.15) is 0 Å². The molecule has 0 saturated heterocycles. The van der Waals surface area contributed by atoms with Gasteiger partial charge >= 0.3 is 0 Å². The van der Waals surface area contributed by atoms with E-state index in [-0.39, 0.29) is 18.1 Å². The predicted molar refractivity (Wildman–Crippen MR) is 97.9 cm³/mol. The normalized spacial score (nSPS) is 25.2. The number of para-hydroxylation sites is 1. The first kappa shape index (κ1) is 16.5. The Morgan fingerprint density at radius 1 is 1.36 bits per heavy atom. The Hall–Kier alpha value is -1.94. The summed E-state index contributed by atoms with van der Waals surface area (Å²) in [6.45, 7) is 2.26. The molecule has 2 fully saturated rings. The fourth-order valence-electron chi connectivity index (χ4n) is 3.76. The zero-order valence-electron chi connectivity index (χ0n) is 14.7. The second-order valence-electron chi connectivity index (χ2n) is 8.20. The number of carbonyl (C=O) groups excluding carboxylic acids is 1. The van der Waals surface area contributed by atoms with Crippen molar-refractivity contribution in [3.63, 3.8) is 0 Å². The van der Waals surface area contributed by atoms with Crippen LogP contribution in [0.25, 0.3) is 10.9 Å². The molecular formula is C21H26N2O2. The van der Waals surface area contributed by atoms with Crippen molar-refractivity contribution in [2.75, 3.05) is 0 Å². The lowest BCUT2D eigenvalue weighted by molar-refractivity contribution is -0.123. The third-order valence-corrected chi connectivity index (χ3v) is 5.97. The minimum absolute atomic E-state index is 0.0555. The van der Waals surface area contributed by atoms with E-state index in [1.165, 1.54) is 12.8 Å². The number of carbonyl (C=O) groups is 1. The second kappa shape index (κ2) is 6.41. The van der Waals surface area contributed by atoms with Crippen LogP contribution in [0.3, 0.4) is 0 Å². The monoisotopic (exact) mass is 338 g/mol. The van der Waals surface area contributed by atoms with Crippen molar-refractivity contribution in [3.05, 3.63) is 42.1 Å². The van der Waals surface area contributed by atoms with Crippen molar-refractivity contribution < 1.29 is 9.90 Å². The Labute approximate surface area is 148 Å². The second-order valence-corrected chi connectivity index (χ2v) is 8.20. The molecule has 0 bridgehead atoms. The first-order valence-corrected chi connectivity index (χ1v) is 9.35. The summed E-state index contributed by atoms with van der Waals surface area (Å²) in [7, 11) is 0. The highest BCUT2D eigenvalue weighted by atomic mass is 16.3. The molecule has 1 unspecified atom stereocenters. The Bertz CT molecular complexity index is 778. The standard InChI is InChI=1S/C21H26N2O2/c1-21(8-9-21)7-6-19(25)23-20(15-11-17(24)12-15)16-10-14-4-2-3-5-18(14)22-13-16/h2-5,10,13,15,17,20,24H,6-9,11-12H2,1H3,(H,23,25). The van der Waals surface area contributed by atoms with Crippen molar-refractivity contribution in [2.45, 2.75) is 57.6 Å². The summed E-state index contributed by atoms with van der Waals surface area (Å²) < 4.78 is 0. The van der Waals surface area contributed by atoms with E-state index in [0.29, 0.717) is 17.8 Å². The molecule has 2 aliphatic rings.